The average molecular weight is 226 g/mol. The Labute approximate surface area is 99.2 Å². The van der Waals surface area contributed by atoms with Crippen LogP contribution in [-0.4, -0.2) is 47.3 Å². The number of rotatable bonds is 5. The lowest BCUT2D eigenvalue weighted by Gasteiger charge is -2.24. The molecule has 1 heterocycles. The topological polar surface area (TPSA) is 35.5 Å². The second kappa shape index (κ2) is 5.03. The summed E-state index contributed by atoms with van der Waals surface area (Å²) in [5.41, 5.74) is 0. The van der Waals surface area contributed by atoms with Crippen molar-refractivity contribution < 1.29 is 5.11 Å². The van der Waals surface area contributed by atoms with Gasteiger partial charge in [-0.3, -0.25) is 4.90 Å². The first-order chi connectivity index (χ1) is 7.61. The van der Waals surface area contributed by atoms with Gasteiger partial charge in [-0.15, -0.1) is 0 Å². The van der Waals surface area contributed by atoms with Crippen molar-refractivity contribution in [2.24, 2.45) is 5.92 Å². The van der Waals surface area contributed by atoms with Crippen LogP contribution in [0.4, 0.5) is 0 Å². The maximum atomic E-state index is 9.33. The zero-order valence-electron chi connectivity index (χ0n) is 10.8. The minimum absolute atomic E-state index is 0.256. The fraction of sp³-hybridized carbons (Fsp3) is 1.00. The molecule has 0 radical (unpaired) electrons. The normalized spacial score (nSPS) is 33.6. The molecule has 1 aliphatic heterocycles. The number of nitrogens with one attached hydrogen (secondary N) is 1. The fourth-order valence-corrected chi connectivity index (χ4v) is 2.85. The van der Waals surface area contributed by atoms with Gasteiger partial charge in [-0.1, -0.05) is 13.8 Å². The van der Waals surface area contributed by atoms with Gasteiger partial charge in [0, 0.05) is 30.7 Å². The number of nitrogens with zero attached hydrogens (tertiary/aromatic N) is 1. The van der Waals surface area contributed by atoms with E-state index in [4.69, 9.17) is 0 Å². The van der Waals surface area contributed by atoms with Gasteiger partial charge in [-0.25, -0.2) is 0 Å². The van der Waals surface area contributed by atoms with E-state index in [0.717, 1.165) is 12.1 Å². The van der Waals surface area contributed by atoms with Crippen molar-refractivity contribution in [2.75, 3.05) is 13.2 Å². The molecule has 0 spiro atoms. The third kappa shape index (κ3) is 2.76. The first kappa shape index (κ1) is 12.3. The third-order valence-electron chi connectivity index (χ3n) is 4.09. The summed E-state index contributed by atoms with van der Waals surface area (Å²) in [7, 11) is 0. The molecule has 2 aliphatic rings. The molecule has 2 N–H and O–H groups in total. The van der Waals surface area contributed by atoms with Gasteiger partial charge in [0.1, 0.15) is 0 Å². The molecule has 1 saturated heterocycles. The molecule has 0 bridgehead atoms. The predicted molar refractivity (Wildman–Crippen MR) is 66.4 cm³/mol. The van der Waals surface area contributed by atoms with Gasteiger partial charge in [0.25, 0.3) is 0 Å². The van der Waals surface area contributed by atoms with E-state index in [0.29, 0.717) is 12.0 Å². The minimum atomic E-state index is 0.256. The average Bonchev–Trinajstić information content (AvgIpc) is 3.00. The van der Waals surface area contributed by atoms with Crippen molar-refractivity contribution in [2.45, 2.75) is 64.2 Å². The summed E-state index contributed by atoms with van der Waals surface area (Å²) in [4.78, 5) is 2.65. The molecule has 2 unspecified atom stereocenters. The Morgan fingerprint density at radius 2 is 2.06 bits per heavy atom. The summed E-state index contributed by atoms with van der Waals surface area (Å²) in [6.07, 6.45) is 4.02. The first-order valence-electron chi connectivity index (χ1n) is 6.74. The molecule has 2 fully saturated rings. The number of aliphatic hydroxyl groups is 1. The number of aliphatic hydroxyl groups excluding tert-OH is 1. The van der Waals surface area contributed by atoms with E-state index < -0.39 is 0 Å². The second-order valence-corrected chi connectivity index (χ2v) is 5.91. The largest absolute Gasteiger partial charge is 0.395 e. The smallest absolute Gasteiger partial charge is 0.0587 e. The lowest BCUT2D eigenvalue weighted by molar-refractivity contribution is 0.196. The molecule has 3 atom stereocenters. The Bertz CT molecular complexity index is 228. The van der Waals surface area contributed by atoms with Crippen molar-refractivity contribution in [3.8, 4) is 0 Å². The van der Waals surface area contributed by atoms with Crippen LogP contribution in [0.1, 0.15) is 40.0 Å². The standard InChI is InChI=1S/C13H26N2O/c1-9(2)13(8-16)14-11-6-10(3)15(7-11)12-4-5-12/h9-14,16H,4-8H2,1-3H3/t10?,11?,13-/m1/s1. The number of likely N-dealkylation sites (tertiary alicyclic amines) is 1. The van der Waals surface area contributed by atoms with E-state index in [-0.39, 0.29) is 12.6 Å². The Hall–Kier alpha value is -0.120. The molecule has 0 aromatic rings. The van der Waals surface area contributed by atoms with E-state index in [9.17, 15) is 5.11 Å². The van der Waals surface area contributed by atoms with Crippen molar-refractivity contribution in [3.05, 3.63) is 0 Å². The maximum Gasteiger partial charge on any atom is 0.0587 e. The van der Waals surface area contributed by atoms with Gasteiger partial charge in [0.15, 0.2) is 0 Å². The van der Waals surface area contributed by atoms with Gasteiger partial charge >= 0.3 is 0 Å². The van der Waals surface area contributed by atoms with Crippen molar-refractivity contribution in [1.82, 2.24) is 10.2 Å². The van der Waals surface area contributed by atoms with Crippen LogP contribution in [0.3, 0.4) is 0 Å². The minimum Gasteiger partial charge on any atom is -0.395 e. The molecule has 1 aliphatic carbocycles. The third-order valence-corrected chi connectivity index (χ3v) is 4.09. The van der Waals surface area contributed by atoms with E-state index in [1.54, 1.807) is 0 Å². The van der Waals surface area contributed by atoms with Crippen LogP contribution in [-0.2, 0) is 0 Å². The van der Waals surface area contributed by atoms with Crippen molar-refractivity contribution in [3.63, 3.8) is 0 Å². The van der Waals surface area contributed by atoms with Crippen molar-refractivity contribution >= 4 is 0 Å². The van der Waals surface area contributed by atoms with Gasteiger partial charge in [-0.2, -0.15) is 0 Å². The van der Waals surface area contributed by atoms with Crippen LogP contribution < -0.4 is 5.32 Å². The summed E-state index contributed by atoms with van der Waals surface area (Å²) < 4.78 is 0. The molecule has 16 heavy (non-hydrogen) atoms. The Kier molecular flexibility index (Phi) is 3.88. The summed E-state index contributed by atoms with van der Waals surface area (Å²) in [5, 5.41) is 13.0. The molecule has 0 aromatic heterocycles. The zero-order valence-corrected chi connectivity index (χ0v) is 10.8. The van der Waals surface area contributed by atoms with Gasteiger partial charge in [0.05, 0.1) is 6.61 Å². The maximum absolute atomic E-state index is 9.33. The van der Waals surface area contributed by atoms with Gasteiger partial charge < -0.3 is 10.4 Å². The predicted octanol–water partition coefficient (Wildman–Crippen LogP) is 1.22. The lowest BCUT2D eigenvalue weighted by Crippen LogP contribution is -2.45. The summed E-state index contributed by atoms with van der Waals surface area (Å²) >= 11 is 0. The molecular formula is C13H26N2O. The van der Waals surface area contributed by atoms with Crippen LogP contribution >= 0.6 is 0 Å². The van der Waals surface area contributed by atoms with E-state index in [1.165, 1.54) is 25.8 Å². The van der Waals surface area contributed by atoms with Crippen LogP contribution in [0.15, 0.2) is 0 Å². The van der Waals surface area contributed by atoms with Crippen LogP contribution in [0.5, 0.6) is 0 Å². The second-order valence-electron chi connectivity index (χ2n) is 5.91. The molecule has 2 rings (SSSR count). The molecule has 0 aromatic carbocycles. The van der Waals surface area contributed by atoms with Crippen LogP contribution in [0.25, 0.3) is 0 Å². The van der Waals surface area contributed by atoms with E-state index >= 15 is 0 Å². The molecule has 1 saturated carbocycles. The SMILES string of the molecule is CC(C)[C@@H](CO)NC1CC(C)N(C2CC2)C1. The summed E-state index contributed by atoms with van der Waals surface area (Å²) in [5.74, 6) is 0.510. The highest BCUT2D eigenvalue weighted by molar-refractivity contribution is 4.96. The van der Waals surface area contributed by atoms with Gasteiger partial charge in [-0.05, 0) is 32.1 Å². The van der Waals surface area contributed by atoms with E-state index in [2.05, 4.69) is 31.0 Å². The number of hydrogen-bond acceptors (Lipinski definition) is 3. The lowest BCUT2D eigenvalue weighted by atomic mass is 10.0. The molecule has 3 heteroatoms. The summed E-state index contributed by atoms with van der Waals surface area (Å²) in [6, 6.07) is 2.43. The van der Waals surface area contributed by atoms with Crippen molar-refractivity contribution in [1.29, 1.82) is 0 Å². The Balaban J connectivity index is 1.82. The highest BCUT2D eigenvalue weighted by Crippen LogP contribution is 2.33. The highest BCUT2D eigenvalue weighted by Gasteiger charge is 2.39. The van der Waals surface area contributed by atoms with Crippen LogP contribution in [0.2, 0.25) is 0 Å². The fourth-order valence-electron chi connectivity index (χ4n) is 2.85. The Morgan fingerprint density at radius 1 is 1.38 bits per heavy atom. The summed E-state index contributed by atoms with van der Waals surface area (Å²) in [6.45, 7) is 8.11. The highest BCUT2D eigenvalue weighted by atomic mass is 16.3. The van der Waals surface area contributed by atoms with E-state index in [1.807, 2.05) is 0 Å². The molecule has 0 amide bonds. The zero-order chi connectivity index (χ0) is 11.7. The first-order valence-corrected chi connectivity index (χ1v) is 6.74. The monoisotopic (exact) mass is 226 g/mol. The van der Waals surface area contributed by atoms with Gasteiger partial charge in [0.2, 0.25) is 0 Å². The number of hydrogen-bond donors (Lipinski definition) is 2. The van der Waals surface area contributed by atoms with Crippen LogP contribution in [0, 0.1) is 5.92 Å². The molecule has 3 nitrogen and oxygen atoms in total. The Morgan fingerprint density at radius 3 is 2.56 bits per heavy atom. The molecule has 94 valence electrons. The molecular weight excluding hydrogens is 200 g/mol. The quantitative estimate of drug-likeness (QED) is 0.740.